The average Bonchev–Trinajstić information content (AvgIpc) is 2.96. The molecule has 1 aliphatic heterocycles. The van der Waals surface area contributed by atoms with E-state index in [1.54, 1.807) is 18.4 Å². The fourth-order valence-electron chi connectivity index (χ4n) is 2.48. The Kier molecular flexibility index (Phi) is 3.68. The summed E-state index contributed by atoms with van der Waals surface area (Å²) < 4.78 is 11.2. The molecule has 2 heterocycles. The van der Waals surface area contributed by atoms with E-state index in [0.717, 1.165) is 23.5 Å². The van der Waals surface area contributed by atoms with Crippen molar-refractivity contribution in [1.29, 1.82) is 0 Å². The highest BCUT2D eigenvalue weighted by molar-refractivity contribution is 7.12. The van der Waals surface area contributed by atoms with Crippen molar-refractivity contribution in [2.75, 3.05) is 7.11 Å². The van der Waals surface area contributed by atoms with Gasteiger partial charge in [-0.3, -0.25) is 0 Å². The van der Waals surface area contributed by atoms with Crippen molar-refractivity contribution in [2.24, 2.45) is 0 Å². The van der Waals surface area contributed by atoms with Crippen LogP contribution in [0.25, 0.3) is 0 Å². The molecule has 0 amide bonds. The lowest BCUT2D eigenvalue weighted by Gasteiger charge is -2.29. The Labute approximate surface area is 122 Å². The van der Waals surface area contributed by atoms with Crippen LogP contribution in [0.4, 0.5) is 0 Å². The standard InChI is InChI=1S/C16H18O3S/c1-3-11-5-7-16(20-11)15-9-13(17)12-8-10(18-2)4-6-14(12)19-15/h4-8,13,15,17H,3,9H2,1-2H3/t13-,15?/m1/s1. The van der Waals surface area contributed by atoms with Crippen LogP contribution in [0.5, 0.6) is 11.5 Å². The van der Waals surface area contributed by atoms with Crippen molar-refractivity contribution >= 4 is 11.3 Å². The molecule has 0 radical (unpaired) electrons. The van der Waals surface area contributed by atoms with Gasteiger partial charge < -0.3 is 14.6 Å². The smallest absolute Gasteiger partial charge is 0.136 e. The molecule has 1 aromatic heterocycles. The molecule has 0 bridgehead atoms. The molecule has 1 N–H and O–H groups in total. The van der Waals surface area contributed by atoms with Crippen molar-refractivity contribution in [3.63, 3.8) is 0 Å². The third kappa shape index (κ3) is 2.41. The third-order valence-corrected chi connectivity index (χ3v) is 4.95. The van der Waals surface area contributed by atoms with Gasteiger partial charge in [-0.05, 0) is 36.8 Å². The maximum absolute atomic E-state index is 10.3. The Morgan fingerprint density at radius 1 is 1.35 bits per heavy atom. The number of benzene rings is 1. The van der Waals surface area contributed by atoms with Gasteiger partial charge in [-0.2, -0.15) is 0 Å². The zero-order valence-corrected chi connectivity index (χ0v) is 12.4. The molecule has 3 rings (SSSR count). The second kappa shape index (κ2) is 5.46. The predicted molar refractivity (Wildman–Crippen MR) is 79.6 cm³/mol. The van der Waals surface area contributed by atoms with Crippen LogP contribution in [0, 0.1) is 0 Å². The van der Waals surface area contributed by atoms with Crippen LogP contribution >= 0.6 is 11.3 Å². The number of hydrogen-bond donors (Lipinski definition) is 1. The van der Waals surface area contributed by atoms with Crippen LogP contribution in [-0.4, -0.2) is 12.2 Å². The molecule has 1 aromatic carbocycles. The van der Waals surface area contributed by atoms with Gasteiger partial charge in [-0.15, -0.1) is 11.3 Å². The highest BCUT2D eigenvalue weighted by atomic mass is 32.1. The molecule has 4 heteroatoms. The highest BCUT2D eigenvalue weighted by Crippen LogP contribution is 2.43. The van der Waals surface area contributed by atoms with Crippen molar-refractivity contribution in [3.05, 3.63) is 45.6 Å². The van der Waals surface area contributed by atoms with Crippen LogP contribution in [-0.2, 0) is 6.42 Å². The molecular formula is C16H18O3S. The van der Waals surface area contributed by atoms with Gasteiger partial charge in [-0.25, -0.2) is 0 Å². The first-order valence-electron chi connectivity index (χ1n) is 6.82. The lowest BCUT2D eigenvalue weighted by atomic mass is 9.98. The molecular weight excluding hydrogens is 272 g/mol. The second-order valence-corrected chi connectivity index (χ2v) is 6.12. The Bertz CT molecular complexity index is 606. The number of methoxy groups -OCH3 is 1. The molecule has 2 aromatic rings. The van der Waals surface area contributed by atoms with E-state index in [0.29, 0.717) is 6.42 Å². The van der Waals surface area contributed by atoms with Gasteiger partial charge in [0.05, 0.1) is 13.2 Å². The summed E-state index contributed by atoms with van der Waals surface area (Å²) in [4.78, 5) is 2.53. The summed E-state index contributed by atoms with van der Waals surface area (Å²) in [6, 6.07) is 9.83. The maximum Gasteiger partial charge on any atom is 0.136 e. The summed E-state index contributed by atoms with van der Waals surface area (Å²) in [5, 5.41) is 10.3. The summed E-state index contributed by atoms with van der Waals surface area (Å²) in [6.07, 6.45) is 1.06. The second-order valence-electron chi connectivity index (χ2n) is 4.92. The molecule has 3 nitrogen and oxygen atoms in total. The fourth-order valence-corrected chi connectivity index (χ4v) is 3.48. The van der Waals surface area contributed by atoms with Gasteiger partial charge in [0, 0.05) is 21.7 Å². The number of fused-ring (bicyclic) bond motifs is 1. The molecule has 0 fully saturated rings. The topological polar surface area (TPSA) is 38.7 Å². The zero-order chi connectivity index (χ0) is 14.1. The molecule has 0 spiro atoms. The largest absolute Gasteiger partial charge is 0.497 e. The molecule has 0 aliphatic carbocycles. The fraction of sp³-hybridized carbons (Fsp3) is 0.375. The minimum absolute atomic E-state index is 0.0591. The molecule has 1 aliphatic rings. The first kappa shape index (κ1) is 13.5. The summed E-state index contributed by atoms with van der Waals surface area (Å²) in [6.45, 7) is 2.15. The number of ether oxygens (including phenoxy) is 2. The normalized spacial score (nSPS) is 21.1. The van der Waals surface area contributed by atoms with E-state index < -0.39 is 6.10 Å². The van der Waals surface area contributed by atoms with Crippen LogP contribution in [0.3, 0.4) is 0 Å². The molecule has 0 saturated carbocycles. The monoisotopic (exact) mass is 290 g/mol. The van der Waals surface area contributed by atoms with Gasteiger partial charge in [0.15, 0.2) is 0 Å². The van der Waals surface area contributed by atoms with Gasteiger partial charge in [0.1, 0.15) is 17.6 Å². The lowest BCUT2D eigenvalue weighted by molar-refractivity contribution is 0.0671. The number of thiophene rings is 1. The predicted octanol–water partition coefficient (Wildman–Crippen LogP) is 3.88. The van der Waals surface area contributed by atoms with Crippen LogP contribution in [0.1, 0.15) is 40.9 Å². The van der Waals surface area contributed by atoms with Gasteiger partial charge >= 0.3 is 0 Å². The Balaban J connectivity index is 1.88. The van der Waals surface area contributed by atoms with E-state index in [-0.39, 0.29) is 6.10 Å². The number of hydrogen-bond acceptors (Lipinski definition) is 4. The average molecular weight is 290 g/mol. The third-order valence-electron chi connectivity index (χ3n) is 3.63. The van der Waals surface area contributed by atoms with E-state index in [2.05, 4.69) is 19.1 Å². The van der Waals surface area contributed by atoms with E-state index in [9.17, 15) is 5.11 Å². The number of rotatable bonds is 3. The maximum atomic E-state index is 10.3. The van der Waals surface area contributed by atoms with Gasteiger partial charge in [-0.1, -0.05) is 6.92 Å². The van der Waals surface area contributed by atoms with E-state index in [4.69, 9.17) is 9.47 Å². The number of aliphatic hydroxyl groups is 1. The van der Waals surface area contributed by atoms with E-state index >= 15 is 0 Å². The molecule has 1 unspecified atom stereocenters. The quantitative estimate of drug-likeness (QED) is 0.932. The van der Waals surface area contributed by atoms with Crippen LogP contribution in [0.2, 0.25) is 0 Å². The molecule has 106 valence electrons. The summed E-state index contributed by atoms with van der Waals surface area (Å²) in [7, 11) is 1.62. The lowest BCUT2D eigenvalue weighted by Crippen LogP contribution is -2.18. The van der Waals surface area contributed by atoms with Gasteiger partial charge in [0.2, 0.25) is 0 Å². The van der Waals surface area contributed by atoms with Crippen LogP contribution < -0.4 is 9.47 Å². The Hall–Kier alpha value is -1.52. The molecule has 2 atom stereocenters. The first-order valence-corrected chi connectivity index (χ1v) is 7.64. The zero-order valence-electron chi connectivity index (χ0n) is 11.6. The van der Waals surface area contributed by atoms with E-state index in [1.807, 2.05) is 18.2 Å². The van der Waals surface area contributed by atoms with Crippen molar-refractivity contribution in [3.8, 4) is 11.5 Å². The molecule has 0 saturated heterocycles. The van der Waals surface area contributed by atoms with Crippen molar-refractivity contribution < 1.29 is 14.6 Å². The Morgan fingerprint density at radius 3 is 2.90 bits per heavy atom. The number of aryl methyl sites for hydroxylation is 1. The minimum atomic E-state index is -0.508. The van der Waals surface area contributed by atoms with Crippen molar-refractivity contribution in [1.82, 2.24) is 0 Å². The first-order chi connectivity index (χ1) is 9.71. The highest BCUT2D eigenvalue weighted by Gasteiger charge is 2.29. The van der Waals surface area contributed by atoms with Crippen molar-refractivity contribution in [2.45, 2.75) is 32.0 Å². The summed E-state index contributed by atoms with van der Waals surface area (Å²) in [5.41, 5.74) is 0.813. The minimum Gasteiger partial charge on any atom is -0.497 e. The van der Waals surface area contributed by atoms with Gasteiger partial charge in [0.25, 0.3) is 0 Å². The SMILES string of the molecule is CCc1ccc(C2C[C@@H](O)c3cc(OC)ccc3O2)s1. The Morgan fingerprint density at radius 2 is 2.20 bits per heavy atom. The summed E-state index contributed by atoms with van der Waals surface area (Å²) >= 11 is 1.76. The number of aliphatic hydroxyl groups excluding tert-OH is 1. The molecule has 20 heavy (non-hydrogen) atoms. The van der Waals surface area contributed by atoms with E-state index in [1.165, 1.54) is 9.75 Å². The van der Waals surface area contributed by atoms with Crippen LogP contribution in [0.15, 0.2) is 30.3 Å². The summed E-state index contributed by atoms with van der Waals surface area (Å²) in [5.74, 6) is 1.50.